The van der Waals surface area contributed by atoms with Crippen molar-refractivity contribution in [3.05, 3.63) is 33.8 Å². The molecule has 1 N–H and O–H groups in total. The van der Waals surface area contributed by atoms with Gasteiger partial charge in [0.05, 0.1) is 0 Å². The molecule has 166 valence electrons. The van der Waals surface area contributed by atoms with E-state index in [-0.39, 0.29) is 28.9 Å². The van der Waals surface area contributed by atoms with Crippen LogP contribution in [-0.4, -0.2) is 41.1 Å². The van der Waals surface area contributed by atoms with Crippen LogP contribution in [0.1, 0.15) is 83.4 Å². The van der Waals surface area contributed by atoms with Gasteiger partial charge in [-0.2, -0.15) is 0 Å². The molecule has 1 heterocycles. The fraction of sp³-hybridized carbons (Fsp3) is 0.667. The molecular weight excluding hydrogens is 400 g/mol. The largest absolute Gasteiger partial charge is 0.444 e. The summed E-state index contributed by atoms with van der Waals surface area (Å²) in [6, 6.07) is 4.32. The molecule has 1 aromatic carbocycles. The van der Waals surface area contributed by atoms with Crippen molar-refractivity contribution in [2.24, 2.45) is 0 Å². The summed E-state index contributed by atoms with van der Waals surface area (Å²) < 4.78 is 5.57. The second-order valence-corrected chi connectivity index (χ2v) is 11.0. The van der Waals surface area contributed by atoms with E-state index in [1.165, 1.54) is 11.1 Å². The minimum atomic E-state index is -0.493. The highest BCUT2D eigenvalue weighted by Gasteiger charge is 2.50. The van der Waals surface area contributed by atoms with Crippen molar-refractivity contribution in [3.8, 4) is 0 Å². The van der Waals surface area contributed by atoms with Crippen molar-refractivity contribution in [2.45, 2.75) is 90.2 Å². The van der Waals surface area contributed by atoms with E-state index in [0.29, 0.717) is 13.1 Å². The number of nitrogens with zero attached hydrogens (tertiary/aromatic N) is 1. The van der Waals surface area contributed by atoms with Crippen molar-refractivity contribution >= 4 is 23.6 Å². The molecule has 0 aromatic heterocycles. The highest BCUT2D eigenvalue weighted by molar-refractivity contribution is 6.31. The number of ether oxygens (including phenoxy) is 1. The van der Waals surface area contributed by atoms with Crippen molar-refractivity contribution in [2.75, 3.05) is 13.1 Å². The first kappa shape index (κ1) is 22.9. The molecule has 0 radical (unpaired) electrons. The second-order valence-electron chi connectivity index (χ2n) is 10.6. The zero-order chi connectivity index (χ0) is 22.5. The van der Waals surface area contributed by atoms with E-state index in [0.717, 1.165) is 29.8 Å². The van der Waals surface area contributed by atoms with Crippen LogP contribution >= 0.6 is 11.6 Å². The summed E-state index contributed by atoms with van der Waals surface area (Å²) in [5.74, 6) is 0.142. The van der Waals surface area contributed by atoms with Gasteiger partial charge >= 0.3 is 6.09 Å². The third-order valence-electron chi connectivity index (χ3n) is 6.61. The lowest BCUT2D eigenvalue weighted by Gasteiger charge is -2.41. The van der Waals surface area contributed by atoms with Gasteiger partial charge in [-0.3, -0.25) is 4.79 Å². The van der Waals surface area contributed by atoms with E-state index in [9.17, 15) is 9.59 Å². The minimum absolute atomic E-state index is 0.0103. The van der Waals surface area contributed by atoms with Crippen LogP contribution < -0.4 is 5.32 Å². The van der Waals surface area contributed by atoms with Gasteiger partial charge in [0.25, 0.3) is 0 Å². The van der Waals surface area contributed by atoms with Crippen LogP contribution in [0.2, 0.25) is 5.02 Å². The number of halogens is 1. The van der Waals surface area contributed by atoms with Gasteiger partial charge in [0, 0.05) is 36.5 Å². The average molecular weight is 435 g/mol. The first-order chi connectivity index (χ1) is 13.7. The van der Waals surface area contributed by atoms with E-state index in [1.54, 1.807) is 6.92 Å². The minimum Gasteiger partial charge on any atom is -0.444 e. The molecule has 1 saturated heterocycles. The number of hydrogen-bond donors (Lipinski definition) is 1. The summed E-state index contributed by atoms with van der Waals surface area (Å²) in [6.45, 7) is 14.8. The second kappa shape index (κ2) is 7.74. The van der Waals surface area contributed by atoms with E-state index in [1.807, 2.05) is 32.6 Å². The van der Waals surface area contributed by atoms with Crippen LogP contribution in [0.3, 0.4) is 0 Å². The number of carbonyl (C=O) groups is 2. The third kappa shape index (κ3) is 4.46. The van der Waals surface area contributed by atoms with Gasteiger partial charge in [-0.25, -0.2) is 4.79 Å². The van der Waals surface area contributed by atoms with Gasteiger partial charge in [-0.05, 0) is 89.0 Å². The molecule has 1 aliphatic heterocycles. The first-order valence-electron chi connectivity index (χ1n) is 10.8. The number of rotatable bonds is 2. The van der Waals surface area contributed by atoms with Gasteiger partial charge in [-0.15, -0.1) is 0 Å². The van der Waals surface area contributed by atoms with E-state index in [2.05, 4.69) is 31.3 Å². The molecule has 1 aromatic rings. The van der Waals surface area contributed by atoms with Crippen molar-refractivity contribution in [1.82, 2.24) is 10.2 Å². The zero-order valence-corrected chi connectivity index (χ0v) is 20.1. The Morgan fingerprint density at radius 3 is 2.30 bits per heavy atom. The molecule has 1 atom stereocenters. The Bertz CT molecular complexity index is 849. The Balaban J connectivity index is 1.90. The van der Waals surface area contributed by atoms with Gasteiger partial charge in [0.1, 0.15) is 5.60 Å². The molecule has 0 unspecified atom stereocenters. The maximum absolute atomic E-state index is 12.5. The van der Waals surface area contributed by atoms with Gasteiger partial charge in [0.15, 0.2) is 0 Å². The van der Waals surface area contributed by atoms with Crippen LogP contribution in [-0.2, 0) is 14.9 Å². The predicted octanol–water partition coefficient (Wildman–Crippen LogP) is 5.32. The zero-order valence-electron chi connectivity index (χ0n) is 19.3. The maximum atomic E-state index is 12.5. The Kier molecular flexibility index (Phi) is 5.92. The number of hydrogen-bond acceptors (Lipinski definition) is 3. The lowest BCUT2D eigenvalue weighted by molar-refractivity contribution is -0.120. The quantitative estimate of drug-likeness (QED) is 0.685. The van der Waals surface area contributed by atoms with E-state index >= 15 is 0 Å². The molecule has 1 fully saturated rings. The average Bonchev–Trinajstić information content (AvgIpc) is 2.88. The topological polar surface area (TPSA) is 58.6 Å². The summed E-state index contributed by atoms with van der Waals surface area (Å²) in [4.78, 5) is 26.2. The van der Waals surface area contributed by atoms with E-state index < -0.39 is 5.60 Å². The standard InChI is InChI=1S/C24H35ClN2O3/c1-15-12-18-17(13-20(15)25)19(23(6,7)26-16(2)28)14-24(18)8-10-27(11-9-24)21(29)30-22(3,4)5/h12-13,19H,8-11,14H2,1-7H3,(H,26,28)/t19-/m0/s1. The van der Waals surface area contributed by atoms with Crippen LogP contribution in [0.5, 0.6) is 0 Å². The van der Waals surface area contributed by atoms with Gasteiger partial charge in [0.2, 0.25) is 5.91 Å². The Labute approximate surface area is 185 Å². The molecule has 6 heteroatoms. The third-order valence-corrected chi connectivity index (χ3v) is 7.02. The summed E-state index contributed by atoms with van der Waals surface area (Å²) >= 11 is 6.51. The number of benzene rings is 1. The lowest BCUT2D eigenvalue weighted by atomic mass is 9.72. The molecule has 2 aliphatic rings. The highest BCUT2D eigenvalue weighted by Crippen LogP contribution is 2.55. The highest BCUT2D eigenvalue weighted by atomic mass is 35.5. The summed E-state index contributed by atoms with van der Waals surface area (Å²) in [6.07, 6.45) is 2.47. The number of carbonyl (C=O) groups excluding carboxylic acids is 2. The molecule has 0 saturated carbocycles. The predicted molar refractivity (Wildman–Crippen MR) is 120 cm³/mol. The molecule has 2 amide bonds. The van der Waals surface area contributed by atoms with Crippen LogP contribution in [0.15, 0.2) is 12.1 Å². The molecule has 5 nitrogen and oxygen atoms in total. The number of aryl methyl sites for hydroxylation is 1. The number of fused-ring (bicyclic) bond motifs is 2. The van der Waals surface area contributed by atoms with Crippen LogP contribution in [0.25, 0.3) is 0 Å². The first-order valence-corrected chi connectivity index (χ1v) is 11.2. The van der Waals surface area contributed by atoms with Gasteiger partial charge < -0.3 is 15.0 Å². The summed E-state index contributed by atoms with van der Waals surface area (Å²) in [5.41, 5.74) is 2.75. The molecular formula is C24H35ClN2O3. The SMILES string of the molecule is CC(=O)NC(C)(C)[C@H]1CC2(CCN(C(=O)OC(C)(C)C)CC2)c2cc(C)c(Cl)cc21. The van der Waals surface area contributed by atoms with Crippen molar-refractivity contribution < 1.29 is 14.3 Å². The van der Waals surface area contributed by atoms with E-state index in [4.69, 9.17) is 16.3 Å². The number of nitrogens with one attached hydrogen (secondary N) is 1. The molecule has 0 bridgehead atoms. The lowest BCUT2D eigenvalue weighted by Crippen LogP contribution is -2.48. The van der Waals surface area contributed by atoms with Crippen LogP contribution in [0, 0.1) is 6.92 Å². The van der Waals surface area contributed by atoms with Crippen molar-refractivity contribution in [1.29, 1.82) is 0 Å². The summed E-state index contributed by atoms with van der Waals surface area (Å²) in [7, 11) is 0. The fourth-order valence-electron chi connectivity index (χ4n) is 5.16. The maximum Gasteiger partial charge on any atom is 0.410 e. The number of piperidine rings is 1. The fourth-order valence-corrected chi connectivity index (χ4v) is 5.33. The molecule has 1 aliphatic carbocycles. The van der Waals surface area contributed by atoms with Crippen molar-refractivity contribution in [3.63, 3.8) is 0 Å². The smallest absolute Gasteiger partial charge is 0.410 e. The number of amides is 2. The van der Waals surface area contributed by atoms with Crippen LogP contribution in [0.4, 0.5) is 4.79 Å². The molecule has 1 spiro atoms. The number of likely N-dealkylation sites (tertiary alicyclic amines) is 1. The molecule has 3 rings (SSSR count). The molecule has 30 heavy (non-hydrogen) atoms. The monoisotopic (exact) mass is 434 g/mol. The summed E-state index contributed by atoms with van der Waals surface area (Å²) in [5, 5.41) is 3.91. The Morgan fingerprint density at radius 1 is 1.17 bits per heavy atom. The van der Waals surface area contributed by atoms with Gasteiger partial charge in [-0.1, -0.05) is 17.7 Å². The normalized spacial score (nSPS) is 20.8. The Hall–Kier alpha value is -1.75. The Morgan fingerprint density at radius 2 is 1.77 bits per heavy atom.